The molecule has 3 heterocycles. The number of hydrogen-bond donors (Lipinski definition) is 1. The molecule has 1 saturated carbocycles. The van der Waals surface area contributed by atoms with Gasteiger partial charge in [-0.05, 0) is 42.7 Å². The highest BCUT2D eigenvalue weighted by molar-refractivity contribution is 6.22. The van der Waals surface area contributed by atoms with Gasteiger partial charge < -0.3 is 5.73 Å². The Morgan fingerprint density at radius 2 is 1.93 bits per heavy atom. The van der Waals surface area contributed by atoms with E-state index in [1.165, 1.54) is 29.6 Å². The minimum atomic E-state index is -4.57. The molecular formula is C19H15F3N6O. The van der Waals surface area contributed by atoms with Gasteiger partial charge in [0.25, 0.3) is 5.91 Å². The molecule has 0 radical (unpaired) electrons. The van der Waals surface area contributed by atoms with Crippen LogP contribution in [-0.2, 0) is 11.0 Å². The first-order valence-corrected chi connectivity index (χ1v) is 8.74. The van der Waals surface area contributed by atoms with Crippen molar-refractivity contribution in [2.24, 2.45) is 5.73 Å². The van der Waals surface area contributed by atoms with Gasteiger partial charge in [-0.15, -0.1) is 5.10 Å². The van der Waals surface area contributed by atoms with Gasteiger partial charge in [-0.2, -0.15) is 13.2 Å². The zero-order chi connectivity index (χ0) is 20.6. The molecule has 29 heavy (non-hydrogen) atoms. The lowest BCUT2D eigenvalue weighted by Gasteiger charge is -2.09. The van der Waals surface area contributed by atoms with E-state index in [0.29, 0.717) is 11.3 Å². The van der Waals surface area contributed by atoms with Gasteiger partial charge in [0.15, 0.2) is 5.82 Å². The molecule has 1 aliphatic carbocycles. The van der Waals surface area contributed by atoms with E-state index >= 15 is 0 Å². The highest BCUT2D eigenvalue weighted by Crippen LogP contribution is 2.41. The molecule has 148 valence electrons. The zero-order valence-electron chi connectivity index (χ0n) is 15.0. The van der Waals surface area contributed by atoms with Crippen molar-refractivity contribution < 1.29 is 18.0 Å². The maximum Gasteiger partial charge on any atom is 0.433 e. The largest absolute Gasteiger partial charge is 0.433 e. The number of nitrogens with zero attached hydrogens (tertiary/aromatic N) is 5. The number of primary amides is 1. The number of carbonyl (C=O) groups is 1. The van der Waals surface area contributed by atoms with Crippen LogP contribution in [0.15, 0.2) is 43.0 Å². The predicted octanol–water partition coefficient (Wildman–Crippen LogP) is 3.11. The van der Waals surface area contributed by atoms with Crippen molar-refractivity contribution in [3.63, 3.8) is 0 Å². The summed E-state index contributed by atoms with van der Waals surface area (Å²) in [6.07, 6.45) is 2.73. The van der Waals surface area contributed by atoms with Crippen molar-refractivity contribution in [1.82, 2.24) is 24.7 Å². The maximum atomic E-state index is 13.2. The third-order valence-electron chi connectivity index (χ3n) is 4.42. The lowest BCUT2D eigenvalue weighted by molar-refractivity contribution is -0.141. The molecule has 0 saturated heterocycles. The highest BCUT2D eigenvalue weighted by atomic mass is 19.4. The molecule has 4 rings (SSSR count). The topological polar surface area (TPSA) is 99.6 Å². The summed E-state index contributed by atoms with van der Waals surface area (Å²) in [7, 11) is 0. The summed E-state index contributed by atoms with van der Waals surface area (Å²) < 4.78 is 40.9. The number of aromatic nitrogens is 5. The van der Waals surface area contributed by atoms with E-state index in [9.17, 15) is 18.0 Å². The van der Waals surface area contributed by atoms with Crippen LogP contribution in [0.25, 0.3) is 23.2 Å². The number of rotatable bonds is 5. The van der Waals surface area contributed by atoms with Crippen LogP contribution in [0.1, 0.15) is 35.7 Å². The maximum absolute atomic E-state index is 13.2. The third kappa shape index (κ3) is 4.15. The van der Waals surface area contributed by atoms with E-state index in [-0.39, 0.29) is 22.9 Å². The van der Waals surface area contributed by atoms with E-state index in [1.807, 2.05) is 0 Å². The van der Waals surface area contributed by atoms with Crippen LogP contribution in [-0.4, -0.2) is 30.6 Å². The molecule has 10 heteroatoms. The van der Waals surface area contributed by atoms with Gasteiger partial charge in [-0.3, -0.25) is 9.78 Å². The van der Waals surface area contributed by atoms with Crippen molar-refractivity contribution in [2.75, 3.05) is 0 Å². The molecule has 1 aliphatic rings. The molecule has 0 aromatic carbocycles. The molecule has 2 N–H and O–H groups in total. The first-order chi connectivity index (χ1) is 13.8. The first kappa shape index (κ1) is 18.8. The second-order valence-corrected chi connectivity index (χ2v) is 6.63. The minimum Gasteiger partial charge on any atom is -0.366 e. The first-order valence-electron chi connectivity index (χ1n) is 8.74. The van der Waals surface area contributed by atoms with Gasteiger partial charge >= 0.3 is 6.18 Å². The van der Waals surface area contributed by atoms with E-state index in [1.54, 1.807) is 18.2 Å². The van der Waals surface area contributed by atoms with Gasteiger partial charge in [0.05, 0.1) is 5.57 Å². The van der Waals surface area contributed by atoms with Crippen LogP contribution in [0, 0.1) is 0 Å². The molecule has 0 unspecified atom stereocenters. The Hall–Kier alpha value is -3.56. The summed E-state index contributed by atoms with van der Waals surface area (Å²) >= 11 is 0. The van der Waals surface area contributed by atoms with Crippen molar-refractivity contribution in [2.45, 2.75) is 24.9 Å². The van der Waals surface area contributed by atoms with Gasteiger partial charge in [0.1, 0.15) is 12.0 Å². The van der Waals surface area contributed by atoms with Crippen LogP contribution in [0.3, 0.4) is 0 Å². The Kier molecular flexibility index (Phi) is 4.61. The molecule has 7 nitrogen and oxygen atoms in total. The summed E-state index contributed by atoms with van der Waals surface area (Å²) in [6.45, 7) is 0. The molecule has 0 atom stereocenters. The van der Waals surface area contributed by atoms with Gasteiger partial charge in [0.2, 0.25) is 0 Å². The monoisotopic (exact) mass is 400 g/mol. The number of pyridine rings is 2. The number of halogens is 3. The number of alkyl halides is 3. The van der Waals surface area contributed by atoms with E-state index in [2.05, 4.69) is 20.1 Å². The number of amides is 1. The summed E-state index contributed by atoms with van der Waals surface area (Å²) in [5.41, 5.74) is 5.76. The van der Waals surface area contributed by atoms with Crippen molar-refractivity contribution in [3.05, 3.63) is 59.9 Å². The summed E-state index contributed by atoms with van der Waals surface area (Å²) in [6, 6.07) is 5.71. The molecule has 3 aromatic rings. The van der Waals surface area contributed by atoms with Crippen LogP contribution in [0.5, 0.6) is 0 Å². The summed E-state index contributed by atoms with van der Waals surface area (Å²) in [5.74, 6) is -0.562. The van der Waals surface area contributed by atoms with Crippen LogP contribution in [0.2, 0.25) is 0 Å². The number of nitrogens with two attached hydrogens (primary N) is 1. The fourth-order valence-corrected chi connectivity index (χ4v) is 2.83. The van der Waals surface area contributed by atoms with Crippen LogP contribution >= 0.6 is 0 Å². The Balaban J connectivity index is 1.72. The number of carbonyl (C=O) groups excluding carboxylic acids is 1. The normalized spacial score (nSPS) is 14.8. The van der Waals surface area contributed by atoms with Crippen molar-refractivity contribution >= 4 is 17.7 Å². The second kappa shape index (κ2) is 7.12. The van der Waals surface area contributed by atoms with Crippen molar-refractivity contribution in [3.8, 4) is 11.4 Å². The van der Waals surface area contributed by atoms with E-state index in [4.69, 9.17) is 5.73 Å². The van der Waals surface area contributed by atoms with Gasteiger partial charge in [0, 0.05) is 35.8 Å². The lowest BCUT2D eigenvalue weighted by Crippen LogP contribution is -2.13. The third-order valence-corrected chi connectivity index (χ3v) is 4.42. The average molecular weight is 400 g/mol. The van der Waals surface area contributed by atoms with Crippen molar-refractivity contribution in [1.29, 1.82) is 0 Å². The van der Waals surface area contributed by atoms with Crippen LogP contribution < -0.4 is 5.73 Å². The summed E-state index contributed by atoms with van der Waals surface area (Å²) in [5, 5.41) is 4.18. The molecule has 0 aliphatic heterocycles. The van der Waals surface area contributed by atoms with Gasteiger partial charge in [-0.25, -0.2) is 14.6 Å². The van der Waals surface area contributed by atoms with Crippen LogP contribution in [0.4, 0.5) is 13.2 Å². The Bertz CT molecular complexity index is 1090. The Labute approximate surface area is 163 Å². The number of hydrogen-bond acceptors (Lipinski definition) is 5. The average Bonchev–Trinajstić information content (AvgIpc) is 3.44. The molecule has 0 bridgehead atoms. The Morgan fingerprint density at radius 1 is 1.21 bits per heavy atom. The van der Waals surface area contributed by atoms with Gasteiger partial charge in [-0.1, -0.05) is 0 Å². The predicted molar refractivity (Wildman–Crippen MR) is 97.8 cm³/mol. The second-order valence-electron chi connectivity index (χ2n) is 6.63. The SMILES string of the molecule is NC(=O)/C(=C/n1cnc(-c2cc(C3CC3)nc(C(F)(F)F)c2)n1)c1ccncc1. The molecule has 1 fully saturated rings. The van der Waals surface area contributed by atoms with E-state index in [0.717, 1.165) is 18.9 Å². The Morgan fingerprint density at radius 3 is 2.55 bits per heavy atom. The highest BCUT2D eigenvalue weighted by Gasteiger charge is 2.35. The van der Waals surface area contributed by atoms with E-state index < -0.39 is 17.8 Å². The molecular weight excluding hydrogens is 385 g/mol. The summed E-state index contributed by atoms with van der Waals surface area (Å²) in [4.78, 5) is 23.5. The fourth-order valence-electron chi connectivity index (χ4n) is 2.83. The zero-order valence-corrected chi connectivity index (χ0v) is 15.0. The minimum absolute atomic E-state index is 0.0335. The standard InChI is InChI=1S/C19H15F3N6O/c20-19(21,22)16-8-13(7-15(26-16)12-1-2-12)18-25-10-28(27-18)9-14(17(23)29)11-3-5-24-6-4-11/h3-10,12H,1-2H2,(H2,23,29)/b14-9+. The molecule has 1 amide bonds. The fraction of sp³-hybridized carbons (Fsp3) is 0.211. The molecule has 0 spiro atoms. The molecule has 3 aromatic heterocycles. The quantitative estimate of drug-likeness (QED) is 0.664. The smallest absolute Gasteiger partial charge is 0.366 e. The lowest BCUT2D eigenvalue weighted by atomic mass is 10.1.